The fraction of sp³-hybridized carbons (Fsp3) is 0.0667. The molecule has 2 heteroatoms. The SMILES string of the molecule is C1=CC(c2ccc3[nH]c4cc(-c5ccccc5)ccc4c3c2)C2Sc3ccccc3C2=C1. The number of fused-ring (bicyclic) bond motifs is 6. The largest absolute Gasteiger partial charge is 0.354 e. The van der Waals surface area contributed by atoms with Crippen molar-refractivity contribution < 1.29 is 0 Å². The molecule has 152 valence electrons. The Balaban J connectivity index is 1.31. The molecule has 0 amide bonds. The number of aromatic amines is 1. The van der Waals surface area contributed by atoms with Crippen LogP contribution in [0.5, 0.6) is 0 Å². The van der Waals surface area contributed by atoms with Crippen LogP contribution in [0.4, 0.5) is 0 Å². The number of allylic oxidation sites excluding steroid dienone is 3. The van der Waals surface area contributed by atoms with Crippen LogP contribution in [-0.2, 0) is 0 Å². The number of H-pyrrole nitrogens is 1. The minimum atomic E-state index is 0.380. The van der Waals surface area contributed by atoms with E-state index in [1.165, 1.54) is 54.5 Å². The van der Waals surface area contributed by atoms with Gasteiger partial charge in [-0.1, -0.05) is 85.0 Å². The Bertz CT molecular complexity index is 1550. The lowest BCUT2D eigenvalue weighted by atomic mass is 9.85. The Morgan fingerprint density at radius 3 is 2.50 bits per heavy atom. The molecule has 2 heterocycles. The number of hydrogen-bond donors (Lipinski definition) is 1. The lowest BCUT2D eigenvalue weighted by molar-refractivity contribution is 0.893. The first-order valence-electron chi connectivity index (χ1n) is 11.1. The van der Waals surface area contributed by atoms with Crippen LogP contribution in [0.25, 0.3) is 38.5 Å². The molecule has 0 spiro atoms. The lowest BCUT2D eigenvalue weighted by Crippen LogP contribution is -2.14. The molecule has 4 aromatic carbocycles. The van der Waals surface area contributed by atoms with Crippen LogP contribution in [0, 0.1) is 0 Å². The fourth-order valence-electron chi connectivity index (χ4n) is 5.22. The van der Waals surface area contributed by atoms with E-state index in [1.807, 2.05) is 11.8 Å². The van der Waals surface area contributed by atoms with Crippen LogP contribution in [0.15, 0.2) is 114 Å². The molecule has 1 aliphatic carbocycles. The molecule has 0 fully saturated rings. The van der Waals surface area contributed by atoms with Crippen LogP contribution >= 0.6 is 11.8 Å². The molecule has 0 saturated carbocycles. The first-order valence-corrected chi connectivity index (χ1v) is 12.0. The van der Waals surface area contributed by atoms with Crippen molar-refractivity contribution in [2.24, 2.45) is 0 Å². The quantitative estimate of drug-likeness (QED) is 0.300. The summed E-state index contributed by atoms with van der Waals surface area (Å²) in [6.07, 6.45) is 6.91. The maximum atomic E-state index is 3.64. The average Bonchev–Trinajstić information content (AvgIpc) is 3.42. The Morgan fingerprint density at radius 2 is 1.56 bits per heavy atom. The van der Waals surface area contributed by atoms with Crippen LogP contribution in [0.3, 0.4) is 0 Å². The zero-order valence-electron chi connectivity index (χ0n) is 17.5. The third-order valence-corrected chi connectivity index (χ3v) is 8.20. The van der Waals surface area contributed by atoms with E-state index in [1.54, 1.807) is 0 Å². The molecule has 1 aromatic heterocycles. The average molecular weight is 428 g/mol. The van der Waals surface area contributed by atoms with Crippen molar-refractivity contribution in [1.29, 1.82) is 0 Å². The van der Waals surface area contributed by atoms with Crippen LogP contribution in [0.1, 0.15) is 17.0 Å². The van der Waals surface area contributed by atoms with Gasteiger partial charge in [-0.25, -0.2) is 0 Å². The second-order valence-corrected chi connectivity index (χ2v) is 9.81. The lowest BCUT2D eigenvalue weighted by Gasteiger charge is -2.24. The highest BCUT2D eigenvalue weighted by atomic mass is 32.2. The van der Waals surface area contributed by atoms with E-state index in [0.29, 0.717) is 11.2 Å². The Kier molecular flexibility index (Phi) is 3.97. The highest BCUT2D eigenvalue weighted by Gasteiger charge is 2.34. The molecule has 0 saturated heterocycles. The Hall–Kier alpha value is -3.49. The van der Waals surface area contributed by atoms with E-state index in [2.05, 4.69) is 114 Å². The minimum absolute atomic E-state index is 0.380. The molecule has 7 rings (SSSR count). The van der Waals surface area contributed by atoms with Crippen molar-refractivity contribution in [3.63, 3.8) is 0 Å². The van der Waals surface area contributed by atoms with Gasteiger partial charge in [-0.2, -0.15) is 0 Å². The number of benzene rings is 4. The van der Waals surface area contributed by atoms with E-state index in [0.717, 1.165) is 0 Å². The molecular formula is C30H21NS. The summed E-state index contributed by atoms with van der Waals surface area (Å²) in [6, 6.07) is 33.1. The maximum Gasteiger partial charge on any atom is 0.0471 e. The summed E-state index contributed by atoms with van der Waals surface area (Å²) in [5.41, 5.74) is 9.14. The van der Waals surface area contributed by atoms with E-state index < -0.39 is 0 Å². The number of aromatic nitrogens is 1. The minimum Gasteiger partial charge on any atom is -0.354 e. The molecule has 5 aromatic rings. The second kappa shape index (κ2) is 7.01. The predicted octanol–water partition coefficient (Wildman–Crippen LogP) is 8.20. The molecular weight excluding hydrogens is 406 g/mol. The molecule has 0 radical (unpaired) electrons. The highest BCUT2D eigenvalue weighted by Crippen LogP contribution is 2.52. The Morgan fingerprint density at radius 1 is 0.688 bits per heavy atom. The van der Waals surface area contributed by atoms with Crippen LogP contribution < -0.4 is 0 Å². The van der Waals surface area contributed by atoms with Crippen molar-refractivity contribution in [2.45, 2.75) is 16.1 Å². The van der Waals surface area contributed by atoms with Gasteiger partial charge in [0.1, 0.15) is 0 Å². The zero-order chi connectivity index (χ0) is 21.1. The number of rotatable bonds is 2. The highest BCUT2D eigenvalue weighted by molar-refractivity contribution is 8.01. The molecule has 2 atom stereocenters. The third-order valence-electron chi connectivity index (χ3n) is 6.79. The summed E-state index contributed by atoms with van der Waals surface area (Å²) in [7, 11) is 0. The second-order valence-electron chi connectivity index (χ2n) is 8.62. The van der Waals surface area contributed by atoms with Crippen molar-refractivity contribution >= 4 is 39.1 Å². The fourth-order valence-corrected chi connectivity index (χ4v) is 6.69. The summed E-state index contributed by atoms with van der Waals surface area (Å²) >= 11 is 2.01. The zero-order valence-corrected chi connectivity index (χ0v) is 18.3. The number of thioether (sulfide) groups is 1. The van der Waals surface area contributed by atoms with Gasteiger partial charge in [0.05, 0.1) is 0 Å². The standard InChI is InChI=1S/C30H21NS/c1-2-7-19(8-3-1)20-13-15-23-26-17-21(14-16-27(26)31-28(23)18-20)22-10-6-11-25-24-9-4-5-12-29(24)32-30(22)25/h1-18,22,30-31H. The summed E-state index contributed by atoms with van der Waals surface area (Å²) in [5.74, 6) is 0.380. The molecule has 1 N–H and O–H groups in total. The van der Waals surface area contributed by atoms with Gasteiger partial charge in [0.25, 0.3) is 0 Å². The predicted molar refractivity (Wildman–Crippen MR) is 137 cm³/mol. The van der Waals surface area contributed by atoms with Gasteiger partial charge in [0, 0.05) is 37.9 Å². The molecule has 1 aliphatic heterocycles. The van der Waals surface area contributed by atoms with E-state index in [4.69, 9.17) is 0 Å². The monoisotopic (exact) mass is 427 g/mol. The smallest absolute Gasteiger partial charge is 0.0471 e. The van der Waals surface area contributed by atoms with Crippen molar-refractivity contribution in [3.8, 4) is 11.1 Å². The Labute approximate surface area is 191 Å². The first kappa shape index (κ1) is 18.1. The van der Waals surface area contributed by atoms with Gasteiger partial charge in [0.2, 0.25) is 0 Å². The maximum absolute atomic E-state index is 3.64. The van der Waals surface area contributed by atoms with Crippen molar-refractivity contribution in [1.82, 2.24) is 4.98 Å². The van der Waals surface area contributed by atoms with E-state index >= 15 is 0 Å². The molecule has 2 aliphatic rings. The van der Waals surface area contributed by atoms with Crippen LogP contribution in [0.2, 0.25) is 0 Å². The van der Waals surface area contributed by atoms with Gasteiger partial charge in [0.15, 0.2) is 0 Å². The van der Waals surface area contributed by atoms with E-state index in [9.17, 15) is 0 Å². The topological polar surface area (TPSA) is 15.8 Å². The molecule has 1 nitrogen and oxygen atoms in total. The summed E-state index contributed by atoms with van der Waals surface area (Å²) in [6.45, 7) is 0. The molecule has 2 unspecified atom stereocenters. The molecule has 32 heavy (non-hydrogen) atoms. The van der Waals surface area contributed by atoms with Crippen LogP contribution in [-0.4, -0.2) is 10.2 Å². The summed E-state index contributed by atoms with van der Waals surface area (Å²) in [4.78, 5) is 5.05. The summed E-state index contributed by atoms with van der Waals surface area (Å²) < 4.78 is 0. The van der Waals surface area contributed by atoms with Gasteiger partial charge in [-0.3, -0.25) is 0 Å². The van der Waals surface area contributed by atoms with Gasteiger partial charge in [-0.05, 0) is 52.1 Å². The first-order chi connectivity index (χ1) is 15.8. The van der Waals surface area contributed by atoms with Crippen molar-refractivity contribution in [3.05, 3.63) is 120 Å². The van der Waals surface area contributed by atoms with Gasteiger partial charge in [-0.15, -0.1) is 11.8 Å². The van der Waals surface area contributed by atoms with Gasteiger partial charge >= 0.3 is 0 Å². The molecule has 0 bridgehead atoms. The van der Waals surface area contributed by atoms with Gasteiger partial charge < -0.3 is 4.98 Å². The van der Waals surface area contributed by atoms with Crippen molar-refractivity contribution in [2.75, 3.05) is 0 Å². The number of nitrogens with one attached hydrogen (secondary N) is 1. The summed E-state index contributed by atoms with van der Waals surface area (Å²) in [5, 5.41) is 3.05. The third kappa shape index (κ3) is 2.73. The van der Waals surface area contributed by atoms with E-state index in [-0.39, 0.29) is 0 Å². The number of hydrogen-bond acceptors (Lipinski definition) is 1. The normalized spacial score (nSPS) is 19.2.